The van der Waals surface area contributed by atoms with E-state index < -0.39 is 29.5 Å². The predicted molar refractivity (Wildman–Crippen MR) is 41.1 cm³/mol. The maximum atomic E-state index is 12.5. The Bertz CT molecular complexity index is 278. The molecule has 1 nitrogen and oxygen atoms in total. The van der Waals surface area contributed by atoms with E-state index in [1.165, 1.54) is 0 Å². The lowest BCUT2D eigenvalue weighted by Crippen LogP contribution is -2.29. The van der Waals surface area contributed by atoms with Crippen LogP contribution in [-0.2, 0) is 4.74 Å². The lowest BCUT2D eigenvalue weighted by molar-refractivity contribution is -0.170. The third kappa shape index (κ3) is 4.71. The third-order valence-corrected chi connectivity index (χ3v) is 1.11. The van der Waals surface area contributed by atoms with E-state index in [1.54, 1.807) is 0 Å². The van der Waals surface area contributed by atoms with E-state index in [0.717, 1.165) is 20.8 Å². The Kier molecular flexibility index (Phi) is 3.89. The van der Waals surface area contributed by atoms with Gasteiger partial charge in [-0.25, -0.2) is 0 Å². The molecule has 0 aliphatic carbocycles. The minimum absolute atomic E-state index is 1.07. The second-order valence-corrected chi connectivity index (χ2v) is 3.85. The molecule has 0 aromatic heterocycles. The highest BCUT2D eigenvalue weighted by molar-refractivity contribution is 5.12. The lowest BCUT2D eigenvalue weighted by atomic mass is 10.2. The molecule has 0 aliphatic heterocycles. The van der Waals surface area contributed by atoms with Crippen LogP contribution in [0.25, 0.3) is 0 Å². The Morgan fingerprint density at radius 1 is 0.812 bits per heavy atom. The van der Waals surface area contributed by atoms with Gasteiger partial charge in [-0.1, -0.05) is 0 Å². The van der Waals surface area contributed by atoms with Gasteiger partial charge in [0.15, 0.2) is 0 Å². The number of ether oxygens (including phenoxy) is 1. The molecule has 0 aromatic rings. The van der Waals surface area contributed by atoms with E-state index in [0.29, 0.717) is 0 Å². The van der Waals surface area contributed by atoms with Crippen molar-refractivity contribution in [3.63, 3.8) is 0 Å². The van der Waals surface area contributed by atoms with E-state index in [1.807, 2.05) is 0 Å². The third-order valence-electron chi connectivity index (χ3n) is 1.11. The van der Waals surface area contributed by atoms with E-state index in [2.05, 4.69) is 4.74 Å². The van der Waals surface area contributed by atoms with Crippen LogP contribution >= 0.6 is 0 Å². The Balaban J connectivity index is 5.44. The quantitative estimate of drug-likeness (QED) is 0.505. The van der Waals surface area contributed by atoms with Crippen LogP contribution < -0.4 is 0 Å². The minimum atomic E-state index is -5.73. The molecule has 0 N–H and O–H groups in total. The van der Waals surface area contributed by atoms with Crippen molar-refractivity contribution in [2.75, 3.05) is 0 Å². The summed E-state index contributed by atoms with van der Waals surface area (Å²) in [6, 6.07) is 0. The smallest absolute Gasteiger partial charge is 0.452 e. The van der Waals surface area contributed by atoms with Crippen molar-refractivity contribution < 1.29 is 35.5 Å². The molecule has 0 rings (SSSR count). The van der Waals surface area contributed by atoms with Gasteiger partial charge in [0.05, 0.1) is 0 Å². The van der Waals surface area contributed by atoms with Crippen LogP contribution in [0.5, 0.6) is 0 Å². The molecule has 96 valence electrons. The van der Waals surface area contributed by atoms with Gasteiger partial charge in [0.2, 0.25) is 5.76 Å². The zero-order valence-corrected chi connectivity index (χ0v) is 8.55. The summed E-state index contributed by atoms with van der Waals surface area (Å²) < 4.78 is 88.2. The Hall–Kier alpha value is -0.950. The largest absolute Gasteiger partial charge is 0.481 e. The van der Waals surface area contributed by atoms with Crippen LogP contribution in [0, 0.1) is 0 Å². The van der Waals surface area contributed by atoms with E-state index >= 15 is 0 Å². The van der Waals surface area contributed by atoms with Crippen LogP contribution in [0.1, 0.15) is 20.8 Å². The monoisotopic (exact) mass is 254 g/mol. The van der Waals surface area contributed by atoms with Crippen LogP contribution in [-0.4, -0.2) is 18.0 Å². The molecule has 0 saturated heterocycles. The molecule has 0 bridgehead atoms. The summed E-state index contributed by atoms with van der Waals surface area (Å²) >= 11 is 0. The van der Waals surface area contributed by atoms with Gasteiger partial charge in [-0.2, -0.15) is 30.7 Å². The van der Waals surface area contributed by atoms with E-state index in [-0.39, 0.29) is 0 Å². The molecular formula is C8H9F7O. The molecule has 0 spiro atoms. The summed E-state index contributed by atoms with van der Waals surface area (Å²) in [7, 11) is 0. The molecular weight excluding hydrogens is 245 g/mol. The number of hydrogen-bond donors (Lipinski definition) is 0. The van der Waals surface area contributed by atoms with E-state index in [9.17, 15) is 30.7 Å². The van der Waals surface area contributed by atoms with Crippen molar-refractivity contribution >= 4 is 0 Å². The fraction of sp³-hybridized carbons (Fsp3) is 0.750. The number of halogens is 7. The van der Waals surface area contributed by atoms with Crippen molar-refractivity contribution in [2.45, 2.75) is 38.7 Å². The molecule has 0 fully saturated rings. The molecule has 16 heavy (non-hydrogen) atoms. The van der Waals surface area contributed by atoms with Gasteiger partial charge < -0.3 is 4.74 Å². The highest BCUT2D eigenvalue weighted by Gasteiger charge is 2.49. The Morgan fingerprint density at radius 2 is 1.19 bits per heavy atom. The Labute approximate surface area is 86.9 Å². The summed E-state index contributed by atoms with van der Waals surface area (Å²) in [5, 5.41) is 0. The topological polar surface area (TPSA) is 9.23 Å². The average molecular weight is 254 g/mol. The van der Waals surface area contributed by atoms with Crippen LogP contribution in [0.4, 0.5) is 30.7 Å². The van der Waals surface area contributed by atoms with Crippen LogP contribution in [0.15, 0.2) is 11.6 Å². The summed E-state index contributed by atoms with van der Waals surface area (Å²) in [6.07, 6.45) is -11.3. The lowest BCUT2D eigenvalue weighted by Gasteiger charge is -2.25. The second-order valence-electron chi connectivity index (χ2n) is 3.85. The van der Waals surface area contributed by atoms with Gasteiger partial charge in [-0.15, -0.1) is 0 Å². The maximum absolute atomic E-state index is 12.5. The standard InChI is InChI=1S/C8H9F7O/c1-6(2,3)16-5(8(13,14)15)4(9)7(10,11)12/h1-3H3/b5-4+. The molecule has 0 heterocycles. The fourth-order valence-electron chi connectivity index (χ4n) is 0.662. The molecule has 0 atom stereocenters. The highest BCUT2D eigenvalue weighted by atomic mass is 19.4. The van der Waals surface area contributed by atoms with Gasteiger partial charge in [0.1, 0.15) is 5.60 Å². The van der Waals surface area contributed by atoms with Crippen molar-refractivity contribution in [1.29, 1.82) is 0 Å². The fourth-order valence-corrected chi connectivity index (χ4v) is 0.662. The van der Waals surface area contributed by atoms with Gasteiger partial charge in [-0.05, 0) is 20.8 Å². The van der Waals surface area contributed by atoms with Crippen molar-refractivity contribution in [3.8, 4) is 0 Å². The molecule has 0 radical (unpaired) electrons. The summed E-state index contributed by atoms with van der Waals surface area (Å²) in [5.41, 5.74) is -1.59. The number of alkyl halides is 6. The first-order valence-corrected chi connectivity index (χ1v) is 3.98. The highest BCUT2D eigenvalue weighted by Crippen LogP contribution is 2.39. The van der Waals surface area contributed by atoms with Crippen molar-refractivity contribution in [3.05, 3.63) is 11.6 Å². The molecule has 0 aromatic carbocycles. The maximum Gasteiger partial charge on any atom is 0.452 e. The first-order valence-electron chi connectivity index (χ1n) is 3.98. The number of rotatable bonds is 1. The van der Waals surface area contributed by atoms with Crippen molar-refractivity contribution in [2.24, 2.45) is 0 Å². The van der Waals surface area contributed by atoms with Crippen molar-refractivity contribution in [1.82, 2.24) is 0 Å². The van der Waals surface area contributed by atoms with Crippen LogP contribution in [0.2, 0.25) is 0 Å². The molecule has 8 heteroatoms. The predicted octanol–water partition coefficient (Wildman–Crippen LogP) is 4.11. The first kappa shape index (κ1) is 15.0. The molecule has 0 unspecified atom stereocenters. The molecule has 0 aliphatic rings. The van der Waals surface area contributed by atoms with Gasteiger partial charge in [0.25, 0.3) is 5.83 Å². The normalized spacial score (nSPS) is 15.9. The zero-order chi connectivity index (χ0) is 13.4. The molecule has 0 amide bonds. The van der Waals surface area contributed by atoms with Crippen LogP contribution in [0.3, 0.4) is 0 Å². The Morgan fingerprint density at radius 3 is 1.38 bits per heavy atom. The SMILES string of the molecule is CC(C)(C)O/C(=C(/F)C(F)(F)F)C(F)(F)F. The zero-order valence-electron chi connectivity index (χ0n) is 8.55. The number of hydrogen-bond acceptors (Lipinski definition) is 1. The second kappa shape index (κ2) is 4.14. The summed E-state index contributed by atoms with van der Waals surface area (Å²) in [6.45, 7) is 3.22. The van der Waals surface area contributed by atoms with Gasteiger partial charge in [-0.3, -0.25) is 0 Å². The first-order chi connectivity index (χ1) is 6.75. The van der Waals surface area contributed by atoms with E-state index in [4.69, 9.17) is 0 Å². The minimum Gasteiger partial charge on any atom is -0.481 e. The van der Waals surface area contributed by atoms with Gasteiger partial charge >= 0.3 is 12.4 Å². The summed E-state index contributed by atoms with van der Waals surface area (Å²) in [4.78, 5) is 0. The summed E-state index contributed by atoms with van der Waals surface area (Å²) in [5.74, 6) is -5.94. The number of allylic oxidation sites excluding steroid dienone is 2. The van der Waals surface area contributed by atoms with Gasteiger partial charge in [0, 0.05) is 0 Å². The molecule has 0 saturated carbocycles. The average Bonchev–Trinajstić information content (AvgIpc) is 1.93.